The molecule has 5 nitrogen and oxygen atoms in total. The molecule has 2 aromatic rings. The second kappa shape index (κ2) is 6.75. The molecule has 2 aromatic heterocycles. The lowest BCUT2D eigenvalue weighted by Gasteiger charge is -2.14. The van der Waals surface area contributed by atoms with Gasteiger partial charge in [0, 0.05) is 10.7 Å². The fourth-order valence-corrected chi connectivity index (χ4v) is 3.09. The Labute approximate surface area is 146 Å². The smallest absolute Gasteiger partial charge is 0.223 e. The zero-order valence-electron chi connectivity index (χ0n) is 12.7. The number of aryl methyl sites for hydroxylation is 1. The van der Waals surface area contributed by atoms with Crippen LogP contribution >= 0.6 is 31.9 Å². The molecule has 0 saturated carbocycles. The number of pyridine rings is 1. The summed E-state index contributed by atoms with van der Waals surface area (Å²) >= 11 is 6.99. The number of hydrogen-bond acceptors (Lipinski definition) is 5. The number of nitrogen functional groups attached to an aromatic ring is 1. The van der Waals surface area contributed by atoms with Gasteiger partial charge in [-0.2, -0.15) is 4.98 Å². The van der Waals surface area contributed by atoms with E-state index < -0.39 is 0 Å². The van der Waals surface area contributed by atoms with E-state index in [2.05, 4.69) is 58.7 Å². The maximum atomic E-state index is 5.73. The lowest BCUT2D eigenvalue weighted by molar-refractivity contribution is 0.982. The van der Waals surface area contributed by atoms with Crippen molar-refractivity contribution in [3.8, 4) is 0 Å². The normalized spacial score (nSPS) is 10.6. The van der Waals surface area contributed by atoms with Gasteiger partial charge in [-0.1, -0.05) is 22.5 Å². The lowest BCUT2D eigenvalue weighted by Crippen LogP contribution is -2.10. The van der Waals surface area contributed by atoms with E-state index in [0.29, 0.717) is 17.0 Å². The standard InChI is InChI=1S/C15H17Br2N5/c1-7(2)11-13(17)21-15(18)22-14(11)20-6-10-9(4)12(16)8(3)5-19-10/h5H,1,6H2,2-4H3,(H3,18,20,21,22). The first-order valence-electron chi connectivity index (χ1n) is 6.64. The Hall–Kier alpha value is -1.47. The summed E-state index contributed by atoms with van der Waals surface area (Å²) in [6, 6.07) is 0. The molecule has 22 heavy (non-hydrogen) atoms. The second-order valence-corrected chi connectivity index (χ2v) is 6.60. The van der Waals surface area contributed by atoms with Gasteiger partial charge < -0.3 is 11.1 Å². The largest absolute Gasteiger partial charge is 0.368 e. The topological polar surface area (TPSA) is 76.7 Å². The van der Waals surface area contributed by atoms with Crippen LogP contribution in [0.25, 0.3) is 5.57 Å². The van der Waals surface area contributed by atoms with Crippen molar-refractivity contribution >= 4 is 49.2 Å². The maximum absolute atomic E-state index is 5.73. The molecule has 0 atom stereocenters. The average molecular weight is 427 g/mol. The first kappa shape index (κ1) is 16.9. The highest BCUT2D eigenvalue weighted by Crippen LogP contribution is 2.29. The summed E-state index contributed by atoms with van der Waals surface area (Å²) in [5, 5.41) is 3.27. The third-order valence-corrected chi connectivity index (χ3v) is 5.05. The molecular formula is C15H17Br2N5. The van der Waals surface area contributed by atoms with Crippen molar-refractivity contribution in [3.05, 3.63) is 44.2 Å². The van der Waals surface area contributed by atoms with E-state index in [1.54, 1.807) is 0 Å². The molecule has 0 unspecified atom stereocenters. The fourth-order valence-electron chi connectivity index (χ4n) is 2.05. The zero-order valence-corrected chi connectivity index (χ0v) is 15.8. The molecule has 2 heterocycles. The summed E-state index contributed by atoms with van der Waals surface area (Å²) in [6.45, 7) is 10.4. The van der Waals surface area contributed by atoms with Crippen molar-refractivity contribution in [2.45, 2.75) is 27.3 Å². The van der Waals surface area contributed by atoms with Crippen LogP contribution in [0.1, 0.15) is 29.3 Å². The molecule has 116 valence electrons. The number of halogens is 2. The van der Waals surface area contributed by atoms with E-state index in [1.165, 1.54) is 0 Å². The zero-order chi connectivity index (χ0) is 16.4. The number of nitrogens with one attached hydrogen (secondary N) is 1. The summed E-state index contributed by atoms with van der Waals surface area (Å²) in [5.41, 5.74) is 10.5. The average Bonchev–Trinajstić information content (AvgIpc) is 2.42. The molecule has 3 N–H and O–H groups in total. The molecule has 2 rings (SSSR count). The van der Waals surface area contributed by atoms with Crippen LogP contribution in [-0.2, 0) is 6.54 Å². The first-order valence-corrected chi connectivity index (χ1v) is 8.23. The third-order valence-electron chi connectivity index (χ3n) is 3.25. The van der Waals surface area contributed by atoms with Crippen molar-refractivity contribution in [2.24, 2.45) is 0 Å². The van der Waals surface area contributed by atoms with Crippen LogP contribution < -0.4 is 11.1 Å². The molecule has 0 bridgehead atoms. The monoisotopic (exact) mass is 425 g/mol. The molecule has 0 radical (unpaired) electrons. The summed E-state index contributed by atoms with van der Waals surface area (Å²) in [5.74, 6) is 0.846. The first-order chi connectivity index (χ1) is 10.3. The molecule has 0 aromatic carbocycles. The van der Waals surface area contributed by atoms with Crippen LogP contribution in [0.15, 0.2) is 21.9 Å². The van der Waals surface area contributed by atoms with Gasteiger partial charge in [0.2, 0.25) is 5.95 Å². The highest BCUT2D eigenvalue weighted by molar-refractivity contribution is 9.10. The van der Waals surface area contributed by atoms with Gasteiger partial charge in [-0.3, -0.25) is 4.98 Å². The van der Waals surface area contributed by atoms with Crippen LogP contribution in [-0.4, -0.2) is 15.0 Å². The molecular weight excluding hydrogens is 410 g/mol. The quantitative estimate of drug-likeness (QED) is 0.715. The Bertz CT molecular complexity index is 743. The van der Waals surface area contributed by atoms with Crippen molar-refractivity contribution in [1.29, 1.82) is 0 Å². The van der Waals surface area contributed by atoms with E-state index in [4.69, 9.17) is 5.73 Å². The predicted molar refractivity (Wildman–Crippen MR) is 97.6 cm³/mol. The number of aromatic nitrogens is 3. The lowest BCUT2D eigenvalue weighted by atomic mass is 10.1. The maximum Gasteiger partial charge on any atom is 0.223 e. The molecule has 0 spiro atoms. The van der Waals surface area contributed by atoms with Crippen molar-refractivity contribution in [2.75, 3.05) is 11.1 Å². The van der Waals surface area contributed by atoms with E-state index >= 15 is 0 Å². The van der Waals surface area contributed by atoms with Gasteiger partial charge in [-0.25, -0.2) is 4.98 Å². The van der Waals surface area contributed by atoms with Gasteiger partial charge in [-0.05, 0) is 53.4 Å². The minimum Gasteiger partial charge on any atom is -0.368 e. The summed E-state index contributed by atoms with van der Waals surface area (Å²) in [7, 11) is 0. The summed E-state index contributed by atoms with van der Waals surface area (Å²) in [6.07, 6.45) is 1.85. The highest BCUT2D eigenvalue weighted by atomic mass is 79.9. The molecule has 0 aliphatic rings. The molecule has 0 amide bonds. The van der Waals surface area contributed by atoms with Crippen LogP contribution in [0.2, 0.25) is 0 Å². The van der Waals surface area contributed by atoms with E-state index in [0.717, 1.165) is 32.4 Å². The van der Waals surface area contributed by atoms with Crippen molar-refractivity contribution < 1.29 is 0 Å². The third kappa shape index (κ3) is 3.47. The van der Waals surface area contributed by atoms with Gasteiger partial charge in [-0.15, -0.1) is 0 Å². The Balaban J connectivity index is 2.33. The minimum absolute atomic E-state index is 0.203. The van der Waals surface area contributed by atoms with E-state index in [1.807, 2.05) is 27.0 Å². The van der Waals surface area contributed by atoms with Gasteiger partial charge >= 0.3 is 0 Å². The van der Waals surface area contributed by atoms with Crippen LogP contribution in [0.5, 0.6) is 0 Å². The molecule has 7 heteroatoms. The SMILES string of the molecule is C=C(C)c1c(Br)nc(N)nc1NCc1ncc(C)c(Br)c1C. The Morgan fingerprint density at radius 2 is 2.00 bits per heavy atom. The van der Waals surface area contributed by atoms with Gasteiger partial charge in [0.15, 0.2) is 0 Å². The van der Waals surface area contributed by atoms with Crippen molar-refractivity contribution in [1.82, 2.24) is 15.0 Å². The Kier molecular flexibility index (Phi) is 5.18. The van der Waals surface area contributed by atoms with Gasteiger partial charge in [0.05, 0.1) is 17.8 Å². The fraction of sp³-hybridized carbons (Fsp3) is 0.267. The summed E-state index contributed by atoms with van der Waals surface area (Å²) in [4.78, 5) is 12.9. The Morgan fingerprint density at radius 3 is 2.64 bits per heavy atom. The molecule has 0 aliphatic heterocycles. The van der Waals surface area contributed by atoms with Crippen molar-refractivity contribution in [3.63, 3.8) is 0 Å². The number of nitrogens with two attached hydrogens (primary N) is 1. The van der Waals surface area contributed by atoms with Gasteiger partial charge in [0.1, 0.15) is 10.4 Å². The van der Waals surface area contributed by atoms with Crippen LogP contribution in [0, 0.1) is 13.8 Å². The number of nitrogens with zero attached hydrogens (tertiary/aromatic N) is 3. The number of allylic oxidation sites excluding steroid dienone is 1. The molecule has 0 saturated heterocycles. The number of rotatable bonds is 4. The second-order valence-electron chi connectivity index (χ2n) is 5.06. The number of hydrogen-bond donors (Lipinski definition) is 2. The van der Waals surface area contributed by atoms with Gasteiger partial charge in [0.25, 0.3) is 0 Å². The van der Waals surface area contributed by atoms with Crippen LogP contribution in [0.4, 0.5) is 11.8 Å². The minimum atomic E-state index is 0.203. The molecule has 0 fully saturated rings. The Morgan fingerprint density at radius 1 is 1.32 bits per heavy atom. The summed E-state index contributed by atoms with van der Waals surface area (Å²) < 4.78 is 1.70. The predicted octanol–water partition coefficient (Wildman–Crippen LogP) is 4.24. The number of anilines is 2. The molecule has 0 aliphatic carbocycles. The van der Waals surface area contributed by atoms with E-state index in [9.17, 15) is 0 Å². The van der Waals surface area contributed by atoms with Crippen LogP contribution in [0.3, 0.4) is 0 Å². The highest BCUT2D eigenvalue weighted by Gasteiger charge is 2.13. The van der Waals surface area contributed by atoms with E-state index in [-0.39, 0.29) is 5.95 Å².